The smallest absolute Gasteiger partial charge is 0.264 e. The average Bonchev–Trinajstić information content (AvgIpc) is 2.87. The van der Waals surface area contributed by atoms with Gasteiger partial charge in [-0.3, -0.25) is 9.59 Å². The maximum atomic E-state index is 12.8. The number of rotatable bonds is 8. The average molecular weight is 439 g/mol. The summed E-state index contributed by atoms with van der Waals surface area (Å²) < 4.78 is 5.74. The Morgan fingerprint density at radius 3 is 2.33 bits per heavy atom. The minimum atomic E-state index is -0.243. The Balaban J connectivity index is 1.38. The van der Waals surface area contributed by atoms with E-state index in [0.717, 1.165) is 22.8 Å². The summed E-state index contributed by atoms with van der Waals surface area (Å²) in [5.74, 6) is 0.173. The largest absolute Gasteiger partial charge is 0.484 e. The fourth-order valence-corrected chi connectivity index (χ4v) is 3.65. The number of nitrogens with one attached hydrogen (secondary N) is 1. The number of nitrogens with zero attached hydrogens (tertiary/aromatic N) is 1. The van der Waals surface area contributed by atoms with Gasteiger partial charge in [-0.25, -0.2) is 0 Å². The van der Waals surface area contributed by atoms with Crippen LogP contribution in [0.1, 0.15) is 15.9 Å². The zero-order valence-electron chi connectivity index (χ0n) is 18.5. The second kappa shape index (κ2) is 10.5. The van der Waals surface area contributed by atoms with Crippen molar-refractivity contribution in [2.45, 2.75) is 6.42 Å². The first kappa shape index (κ1) is 22.1. The van der Waals surface area contributed by atoms with E-state index in [1.807, 2.05) is 78.9 Å². The fraction of sp³-hybridized carbons (Fsp3) is 0.143. The van der Waals surface area contributed by atoms with E-state index in [9.17, 15) is 9.59 Å². The van der Waals surface area contributed by atoms with Crippen molar-refractivity contribution in [3.05, 3.63) is 108 Å². The van der Waals surface area contributed by atoms with Gasteiger partial charge in [0.2, 0.25) is 0 Å². The molecule has 0 aliphatic rings. The second-order valence-corrected chi connectivity index (χ2v) is 7.76. The van der Waals surface area contributed by atoms with Crippen LogP contribution in [-0.2, 0) is 11.2 Å². The summed E-state index contributed by atoms with van der Waals surface area (Å²) in [6.45, 7) is 0.388. The maximum absolute atomic E-state index is 12.8. The van der Waals surface area contributed by atoms with E-state index in [0.29, 0.717) is 23.5 Å². The molecule has 0 atom stereocenters. The van der Waals surface area contributed by atoms with Crippen LogP contribution in [0.25, 0.3) is 10.8 Å². The minimum absolute atomic E-state index is 0.126. The molecule has 4 aromatic carbocycles. The highest BCUT2D eigenvalue weighted by atomic mass is 16.5. The number of hydrogen-bond acceptors (Lipinski definition) is 3. The summed E-state index contributed by atoms with van der Waals surface area (Å²) in [5, 5.41) is 5.11. The summed E-state index contributed by atoms with van der Waals surface area (Å²) in [4.78, 5) is 27.1. The third-order valence-electron chi connectivity index (χ3n) is 5.51. The van der Waals surface area contributed by atoms with E-state index in [2.05, 4.69) is 5.32 Å². The number of amides is 2. The van der Waals surface area contributed by atoms with Crippen LogP contribution >= 0.6 is 0 Å². The summed E-state index contributed by atoms with van der Waals surface area (Å²) in [6, 6.07) is 30.8. The lowest BCUT2D eigenvalue weighted by Gasteiger charge is -2.20. The molecule has 0 radical (unpaired) electrons. The van der Waals surface area contributed by atoms with Crippen LogP contribution in [0, 0.1) is 0 Å². The lowest BCUT2D eigenvalue weighted by molar-refractivity contribution is -0.120. The van der Waals surface area contributed by atoms with Crippen LogP contribution < -0.4 is 15.0 Å². The Kier molecular flexibility index (Phi) is 7.00. The monoisotopic (exact) mass is 438 g/mol. The third kappa shape index (κ3) is 5.57. The molecule has 33 heavy (non-hydrogen) atoms. The van der Waals surface area contributed by atoms with Crippen LogP contribution in [0.5, 0.6) is 5.75 Å². The van der Waals surface area contributed by atoms with E-state index in [4.69, 9.17) is 4.74 Å². The van der Waals surface area contributed by atoms with Gasteiger partial charge >= 0.3 is 0 Å². The molecule has 166 valence electrons. The number of hydrogen-bond donors (Lipinski definition) is 1. The van der Waals surface area contributed by atoms with Crippen LogP contribution in [0.3, 0.4) is 0 Å². The van der Waals surface area contributed by atoms with Gasteiger partial charge in [-0.15, -0.1) is 0 Å². The third-order valence-corrected chi connectivity index (χ3v) is 5.51. The maximum Gasteiger partial charge on any atom is 0.264 e. The van der Waals surface area contributed by atoms with Crippen molar-refractivity contribution < 1.29 is 14.3 Å². The molecule has 2 amide bonds. The van der Waals surface area contributed by atoms with Crippen molar-refractivity contribution >= 4 is 28.3 Å². The number of benzene rings is 4. The molecule has 0 fully saturated rings. The minimum Gasteiger partial charge on any atom is -0.484 e. The van der Waals surface area contributed by atoms with Gasteiger partial charge < -0.3 is 15.0 Å². The Labute approximate surface area is 193 Å². The molecule has 1 N–H and O–H groups in total. The fourth-order valence-electron chi connectivity index (χ4n) is 3.65. The predicted molar refractivity (Wildman–Crippen MR) is 132 cm³/mol. The van der Waals surface area contributed by atoms with Gasteiger partial charge in [0.25, 0.3) is 11.8 Å². The highest BCUT2D eigenvalue weighted by Crippen LogP contribution is 2.22. The van der Waals surface area contributed by atoms with Crippen molar-refractivity contribution in [2.24, 2.45) is 0 Å². The molecule has 0 saturated heterocycles. The molecule has 5 nitrogen and oxygen atoms in total. The van der Waals surface area contributed by atoms with Crippen molar-refractivity contribution in [3.63, 3.8) is 0 Å². The summed E-state index contributed by atoms with van der Waals surface area (Å²) >= 11 is 0. The van der Waals surface area contributed by atoms with Gasteiger partial charge in [0, 0.05) is 13.6 Å². The Morgan fingerprint density at radius 1 is 0.818 bits per heavy atom. The highest BCUT2D eigenvalue weighted by Gasteiger charge is 2.18. The molecule has 0 bridgehead atoms. The van der Waals surface area contributed by atoms with Crippen molar-refractivity contribution in [1.82, 2.24) is 5.32 Å². The van der Waals surface area contributed by atoms with Gasteiger partial charge in [0.15, 0.2) is 6.61 Å². The summed E-state index contributed by atoms with van der Waals surface area (Å²) in [6.07, 6.45) is 0.739. The number of fused-ring (bicyclic) bond motifs is 1. The lowest BCUT2D eigenvalue weighted by Crippen LogP contribution is -2.34. The normalized spacial score (nSPS) is 10.6. The van der Waals surface area contributed by atoms with Gasteiger partial charge in [0.1, 0.15) is 5.75 Å². The van der Waals surface area contributed by atoms with E-state index in [1.165, 1.54) is 4.90 Å². The molecule has 0 aliphatic heterocycles. The van der Waals surface area contributed by atoms with E-state index >= 15 is 0 Å². The molecule has 4 aromatic rings. The van der Waals surface area contributed by atoms with Gasteiger partial charge in [0.05, 0.1) is 11.3 Å². The van der Waals surface area contributed by atoms with Crippen LogP contribution in [0.4, 0.5) is 5.69 Å². The molecule has 0 spiro atoms. The number of para-hydroxylation sites is 1. The number of ether oxygens (including phenoxy) is 1. The zero-order chi connectivity index (χ0) is 23.0. The molecular weight excluding hydrogens is 412 g/mol. The predicted octanol–water partition coefficient (Wildman–Crippen LogP) is 4.85. The number of anilines is 1. The zero-order valence-corrected chi connectivity index (χ0v) is 18.5. The topological polar surface area (TPSA) is 58.6 Å². The SMILES string of the molecule is CN(C(=O)COc1ccc2ccccc2c1)c1ccccc1C(=O)NCCc1ccccc1. The van der Waals surface area contributed by atoms with Crippen molar-refractivity contribution in [1.29, 1.82) is 0 Å². The van der Waals surface area contributed by atoms with Crippen molar-refractivity contribution in [3.8, 4) is 5.75 Å². The summed E-state index contributed by atoms with van der Waals surface area (Å²) in [7, 11) is 1.65. The molecule has 4 rings (SSSR count). The first-order chi connectivity index (χ1) is 16.1. The standard InChI is InChI=1S/C28H26N2O3/c1-30(27(31)20-33-24-16-15-22-11-5-6-12-23(22)19-24)26-14-8-7-13-25(26)28(32)29-18-17-21-9-3-2-4-10-21/h2-16,19H,17-18,20H2,1H3,(H,29,32). The van der Waals surface area contributed by atoms with E-state index in [-0.39, 0.29) is 18.4 Å². The second-order valence-electron chi connectivity index (χ2n) is 7.76. The quantitative estimate of drug-likeness (QED) is 0.428. The van der Waals surface area contributed by atoms with Gasteiger partial charge in [-0.05, 0) is 47.0 Å². The van der Waals surface area contributed by atoms with Gasteiger partial charge in [-0.1, -0.05) is 72.8 Å². The van der Waals surface area contributed by atoms with Gasteiger partial charge in [-0.2, -0.15) is 0 Å². The lowest BCUT2D eigenvalue weighted by atomic mass is 10.1. The summed E-state index contributed by atoms with van der Waals surface area (Å²) in [5.41, 5.74) is 2.15. The Hall–Kier alpha value is -4.12. The van der Waals surface area contributed by atoms with Crippen LogP contribution in [0.15, 0.2) is 97.1 Å². The van der Waals surface area contributed by atoms with E-state index in [1.54, 1.807) is 25.2 Å². The number of likely N-dealkylation sites (N-methyl/N-ethyl adjacent to an activating group) is 1. The van der Waals surface area contributed by atoms with Crippen molar-refractivity contribution in [2.75, 3.05) is 25.1 Å². The first-order valence-corrected chi connectivity index (χ1v) is 10.9. The number of carbonyl (C=O) groups excluding carboxylic acids is 2. The first-order valence-electron chi connectivity index (χ1n) is 10.9. The Bertz CT molecular complexity index is 1250. The Morgan fingerprint density at radius 2 is 1.52 bits per heavy atom. The molecule has 0 heterocycles. The molecular formula is C28H26N2O3. The molecule has 0 aliphatic carbocycles. The molecule has 0 saturated carbocycles. The van der Waals surface area contributed by atoms with Crippen LogP contribution in [0.2, 0.25) is 0 Å². The highest BCUT2D eigenvalue weighted by molar-refractivity contribution is 6.04. The molecule has 0 aromatic heterocycles. The molecule has 0 unspecified atom stereocenters. The van der Waals surface area contributed by atoms with E-state index < -0.39 is 0 Å². The van der Waals surface area contributed by atoms with Crippen LogP contribution in [-0.4, -0.2) is 32.0 Å². The molecule has 5 heteroatoms. The number of carbonyl (C=O) groups is 2.